The molecule has 4 aromatic rings. The fraction of sp³-hybridized carbons (Fsp3) is 0.188. The summed E-state index contributed by atoms with van der Waals surface area (Å²) in [6.45, 7) is 1.68. The lowest BCUT2D eigenvalue weighted by atomic mass is 9.76. The van der Waals surface area contributed by atoms with Gasteiger partial charge in [-0.1, -0.05) is 78.9 Å². The number of amides is 3. The average molecular weight is 505 g/mol. The Kier molecular flexibility index (Phi) is 7.69. The van der Waals surface area contributed by atoms with Crippen LogP contribution in [0.1, 0.15) is 40.2 Å². The minimum atomic E-state index is -0.532. The number of piperidine rings is 1. The molecule has 192 valence electrons. The minimum Gasteiger partial charge on any atom is -0.370 e. The Labute approximate surface area is 223 Å². The molecule has 0 radical (unpaired) electrons. The van der Waals surface area contributed by atoms with Gasteiger partial charge in [0.25, 0.3) is 0 Å². The number of hydrogen-bond donors (Lipinski definition) is 3. The van der Waals surface area contributed by atoms with Crippen molar-refractivity contribution in [2.45, 2.75) is 18.8 Å². The first-order valence-corrected chi connectivity index (χ1v) is 13.0. The summed E-state index contributed by atoms with van der Waals surface area (Å²) >= 11 is 0. The predicted octanol–water partition coefficient (Wildman–Crippen LogP) is 6.48. The first-order valence-electron chi connectivity index (χ1n) is 13.0. The molecule has 1 heterocycles. The van der Waals surface area contributed by atoms with Gasteiger partial charge in [-0.25, -0.2) is 4.79 Å². The van der Waals surface area contributed by atoms with Gasteiger partial charge in [-0.3, -0.25) is 4.79 Å². The summed E-state index contributed by atoms with van der Waals surface area (Å²) in [7, 11) is 0. The summed E-state index contributed by atoms with van der Waals surface area (Å²) in [6.07, 6.45) is 2.00. The van der Waals surface area contributed by atoms with E-state index in [1.165, 1.54) is 11.1 Å². The van der Waals surface area contributed by atoms with Crippen LogP contribution in [-0.2, 0) is 0 Å². The molecule has 3 amide bonds. The van der Waals surface area contributed by atoms with E-state index in [4.69, 9.17) is 5.73 Å². The van der Waals surface area contributed by atoms with Crippen molar-refractivity contribution in [1.82, 2.24) is 0 Å². The molecular weight excluding hydrogens is 472 g/mol. The number of nitrogens with one attached hydrogen (secondary N) is 2. The molecule has 1 fully saturated rings. The molecule has 1 aliphatic heterocycles. The normalized spacial score (nSPS) is 13.8. The molecule has 0 aromatic heterocycles. The van der Waals surface area contributed by atoms with Gasteiger partial charge >= 0.3 is 6.03 Å². The van der Waals surface area contributed by atoms with Gasteiger partial charge in [-0.05, 0) is 60.2 Å². The smallest absolute Gasteiger partial charge is 0.323 e. The Morgan fingerprint density at radius 1 is 0.737 bits per heavy atom. The van der Waals surface area contributed by atoms with Crippen LogP contribution in [0.5, 0.6) is 0 Å². The Morgan fingerprint density at radius 3 is 1.84 bits per heavy atom. The standard InChI is InChI=1S/C32H32N4O2/c33-31(37)26-16-17-29(28(22-26)35-32(38)34-27-14-8-3-9-15-27)36-20-18-25(19-21-36)30(23-10-4-1-5-11-23)24-12-6-2-7-13-24/h1-17,22,25,30H,18-21H2,(H2,33,37)(H2,34,35,38). The van der Waals surface area contributed by atoms with E-state index in [1.807, 2.05) is 36.4 Å². The van der Waals surface area contributed by atoms with Gasteiger partial charge in [-0.15, -0.1) is 0 Å². The average Bonchev–Trinajstić information content (AvgIpc) is 2.95. The predicted molar refractivity (Wildman–Crippen MR) is 154 cm³/mol. The summed E-state index contributed by atoms with van der Waals surface area (Å²) in [4.78, 5) is 27.0. The third-order valence-corrected chi connectivity index (χ3v) is 7.23. The lowest BCUT2D eigenvalue weighted by Crippen LogP contribution is -2.36. The second-order valence-corrected chi connectivity index (χ2v) is 9.66. The maximum atomic E-state index is 12.8. The van der Waals surface area contributed by atoms with Crippen molar-refractivity contribution in [1.29, 1.82) is 0 Å². The Balaban J connectivity index is 1.35. The van der Waals surface area contributed by atoms with Crippen molar-refractivity contribution in [3.63, 3.8) is 0 Å². The highest BCUT2D eigenvalue weighted by molar-refractivity contribution is 6.03. The second kappa shape index (κ2) is 11.6. The highest BCUT2D eigenvalue weighted by Gasteiger charge is 2.30. The van der Waals surface area contributed by atoms with Crippen LogP contribution in [-0.4, -0.2) is 25.0 Å². The fourth-order valence-corrected chi connectivity index (χ4v) is 5.40. The maximum absolute atomic E-state index is 12.8. The molecule has 0 atom stereocenters. The molecule has 6 nitrogen and oxygen atoms in total. The van der Waals surface area contributed by atoms with E-state index in [2.05, 4.69) is 76.2 Å². The van der Waals surface area contributed by atoms with Crippen molar-refractivity contribution < 1.29 is 9.59 Å². The lowest BCUT2D eigenvalue weighted by molar-refractivity contribution is 0.100. The van der Waals surface area contributed by atoms with Gasteiger partial charge < -0.3 is 21.3 Å². The van der Waals surface area contributed by atoms with Crippen LogP contribution < -0.4 is 21.3 Å². The van der Waals surface area contributed by atoms with E-state index in [9.17, 15) is 9.59 Å². The number of primary amides is 1. The van der Waals surface area contributed by atoms with Crippen LogP contribution in [0.4, 0.5) is 21.9 Å². The maximum Gasteiger partial charge on any atom is 0.323 e. The molecule has 0 saturated carbocycles. The number of nitrogens with two attached hydrogens (primary N) is 1. The SMILES string of the molecule is NC(=O)c1ccc(N2CCC(C(c3ccccc3)c3ccccc3)CC2)c(NC(=O)Nc2ccccc2)c1. The van der Waals surface area contributed by atoms with Crippen molar-refractivity contribution in [2.75, 3.05) is 28.6 Å². The van der Waals surface area contributed by atoms with Gasteiger partial charge in [0.2, 0.25) is 5.91 Å². The number of carbonyl (C=O) groups is 2. The number of anilines is 3. The molecule has 0 bridgehead atoms. The molecule has 6 heteroatoms. The molecule has 4 N–H and O–H groups in total. The molecule has 0 aliphatic carbocycles. The van der Waals surface area contributed by atoms with E-state index in [0.29, 0.717) is 28.8 Å². The second-order valence-electron chi connectivity index (χ2n) is 9.66. The summed E-state index contributed by atoms with van der Waals surface area (Å²) in [6, 6.07) is 35.6. The van der Waals surface area contributed by atoms with Gasteiger partial charge in [0.15, 0.2) is 0 Å². The van der Waals surface area contributed by atoms with E-state index >= 15 is 0 Å². The van der Waals surface area contributed by atoms with Gasteiger partial charge in [0.05, 0.1) is 11.4 Å². The number of urea groups is 1. The molecule has 1 saturated heterocycles. The zero-order chi connectivity index (χ0) is 26.3. The minimum absolute atomic E-state index is 0.325. The number of carbonyl (C=O) groups excluding carboxylic acids is 2. The molecule has 0 spiro atoms. The van der Waals surface area contributed by atoms with Crippen molar-refractivity contribution in [3.8, 4) is 0 Å². The largest absolute Gasteiger partial charge is 0.370 e. The number of para-hydroxylation sites is 1. The van der Waals surface area contributed by atoms with Crippen LogP contribution in [0.15, 0.2) is 109 Å². The third-order valence-electron chi connectivity index (χ3n) is 7.23. The highest BCUT2D eigenvalue weighted by atomic mass is 16.2. The van der Waals surface area contributed by atoms with Crippen LogP contribution in [0.25, 0.3) is 0 Å². The van der Waals surface area contributed by atoms with E-state index in [-0.39, 0.29) is 6.03 Å². The van der Waals surface area contributed by atoms with E-state index < -0.39 is 5.91 Å². The number of benzene rings is 4. The summed E-state index contributed by atoms with van der Waals surface area (Å²) in [5.41, 5.74) is 10.7. The van der Waals surface area contributed by atoms with Crippen LogP contribution in [0.3, 0.4) is 0 Å². The summed E-state index contributed by atoms with van der Waals surface area (Å²) in [5.74, 6) is 0.278. The Bertz CT molecular complexity index is 1330. The number of hydrogen-bond acceptors (Lipinski definition) is 3. The molecule has 38 heavy (non-hydrogen) atoms. The van der Waals surface area contributed by atoms with Crippen molar-refractivity contribution >= 4 is 29.0 Å². The van der Waals surface area contributed by atoms with E-state index in [0.717, 1.165) is 31.6 Å². The lowest BCUT2D eigenvalue weighted by Gasteiger charge is -2.38. The Hall–Kier alpha value is -4.58. The van der Waals surface area contributed by atoms with Gasteiger partial charge in [0.1, 0.15) is 0 Å². The molecule has 5 rings (SSSR count). The Morgan fingerprint density at radius 2 is 1.29 bits per heavy atom. The number of rotatable bonds is 7. The van der Waals surface area contributed by atoms with Crippen molar-refractivity contribution in [3.05, 3.63) is 126 Å². The zero-order valence-electron chi connectivity index (χ0n) is 21.2. The third kappa shape index (κ3) is 5.86. The van der Waals surface area contributed by atoms with Crippen LogP contribution >= 0.6 is 0 Å². The van der Waals surface area contributed by atoms with Crippen molar-refractivity contribution in [2.24, 2.45) is 11.7 Å². The summed E-state index contributed by atoms with van der Waals surface area (Å²) < 4.78 is 0. The first kappa shape index (κ1) is 25.1. The van der Waals surface area contributed by atoms with Crippen LogP contribution in [0.2, 0.25) is 0 Å². The van der Waals surface area contributed by atoms with Gasteiger partial charge in [-0.2, -0.15) is 0 Å². The first-order chi connectivity index (χ1) is 18.6. The molecule has 0 unspecified atom stereocenters. The van der Waals surface area contributed by atoms with Crippen LogP contribution in [0, 0.1) is 5.92 Å². The number of nitrogens with zero attached hydrogens (tertiary/aromatic N) is 1. The fourth-order valence-electron chi connectivity index (χ4n) is 5.40. The topological polar surface area (TPSA) is 87.5 Å². The summed E-state index contributed by atoms with van der Waals surface area (Å²) in [5, 5.41) is 5.78. The molecular formula is C32H32N4O2. The molecule has 4 aromatic carbocycles. The molecule has 1 aliphatic rings. The highest BCUT2D eigenvalue weighted by Crippen LogP contribution is 2.40. The zero-order valence-corrected chi connectivity index (χ0v) is 21.2. The monoisotopic (exact) mass is 504 g/mol. The van der Waals surface area contributed by atoms with Gasteiger partial charge in [0, 0.05) is 30.3 Å². The van der Waals surface area contributed by atoms with E-state index in [1.54, 1.807) is 12.1 Å². The quantitative estimate of drug-likeness (QED) is 0.269.